The van der Waals surface area contributed by atoms with Crippen LogP contribution in [0.5, 0.6) is 0 Å². The standard InChI is InChI=1S/C24H20F3N3O/c1-29(15-17-8-3-2-4-9-17)16-30-21-13-6-5-12-20(21)22(23(30)31)28-19-11-7-10-18(14-19)24(25,26)27/h2-14H,15-16H2,1H3. The Morgan fingerprint density at radius 2 is 1.65 bits per heavy atom. The molecule has 0 aliphatic carbocycles. The molecule has 1 aliphatic heterocycles. The van der Waals surface area contributed by atoms with Crippen molar-refractivity contribution in [2.75, 3.05) is 18.6 Å². The molecule has 0 N–H and O–H groups in total. The van der Waals surface area contributed by atoms with Crippen molar-refractivity contribution < 1.29 is 18.0 Å². The van der Waals surface area contributed by atoms with E-state index in [1.54, 1.807) is 17.0 Å². The van der Waals surface area contributed by atoms with Gasteiger partial charge in [0.15, 0.2) is 0 Å². The van der Waals surface area contributed by atoms with E-state index in [1.165, 1.54) is 12.1 Å². The summed E-state index contributed by atoms with van der Waals surface area (Å²) >= 11 is 0. The third-order valence-electron chi connectivity index (χ3n) is 4.99. The lowest BCUT2D eigenvalue weighted by atomic mass is 10.1. The number of para-hydroxylation sites is 1. The summed E-state index contributed by atoms with van der Waals surface area (Å²) < 4.78 is 39.2. The van der Waals surface area contributed by atoms with Crippen molar-refractivity contribution in [2.45, 2.75) is 12.7 Å². The molecule has 0 bridgehead atoms. The van der Waals surface area contributed by atoms with Crippen LogP contribution in [0.3, 0.4) is 0 Å². The highest BCUT2D eigenvalue weighted by atomic mass is 19.4. The molecule has 3 aromatic carbocycles. The number of aliphatic imine (C=N–C) groups is 1. The molecule has 0 unspecified atom stereocenters. The zero-order chi connectivity index (χ0) is 22.0. The Hall–Kier alpha value is -3.45. The van der Waals surface area contributed by atoms with Crippen LogP contribution in [0, 0.1) is 0 Å². The van der Waals surface area contributed by atoms with Gasteiger partial charge in [0.25, 0.3) is 5.91 Å². The van der Waals surface area contributed by atoms with Gasteiger partial charge < -0.3 is 0 Å². The van der Waals surface area contributed by atoms with E-state index in [4.69, 9.17) is 0 Å². The fourth-order valence-corrected chi connectivity index (χ4v) is 3.58. The van der Waals surface area contributed by atoms with Crippen molar-refractivity contribution in [3.8, 4) is 0 Å². The number of fused-ring (bicyclic) bond motifs is 1. The predicted molar refractivity (Wildman–Crippen MR) is 114 cm³/mol. The highest BCUT2D eigenvalue weighted by Crippen LogP contribution is 2.34. The second-order valence-corrected chi connectivity index (χ2v) is 7.40. The number of benzene rings is 3. The maximum atomic E-state index is 13.2. The van der Waals surface area contributed by atoms with Gasteiger partial charge in [0.1, 0.15) is 5.71 Å². The average Bonchev–Trinajstić information content (AvgIpc) is 3.00. The minimum absolute atomic E-state index is 0.0902. The Balaban J connectivity index is 1.63. The van der Waals surface area contributed by atoms with Crippen molar-refractivity contribution >= 4 is 23.0 Å². The van der Waals surface area contributed by atoms with E-state index in [-0.39, 0.29) is 17.3 Å². The first-order valence-electron chi connectivity index (χ1n) is 9.72. The van der Waals surface area contributed by atoms with Gasteiger partial charge in [-0.3, -0.25) is 14.6 Å². The molecule has 4 nitrogen and oxygen atoms in total. The third kappa shape index (κ3) is 4.51. The highest BCUT2D eigenvalue weighted by Gasteiger charge is 2.35. The number of alkyl halides is 3. The quantitative estimate of drug-likeness (QED) is 0.561. The molecule has 1 amide bonds. The Kier molecular flexibility index (Phi) is 5.61. The van der Waals surface area contributed by atoms with Crippen LogP contribution in [-0.2, 0) is 17.5 Å². The van der Waals surface area contributed by atoms with Crippen molar-refractivity contribution in [3.63, 3.8) is 0 Å². The van der Waals surface area contributed by atoms with E-state index in [0.717, 1.165) is 17.7 Å². The maximum Gasteiger partial charge on any atom is 0.416 e. The molecule has 1 aliphatic rings. The minimum Gasteiger partial charge on any atom is -0.293 e. The van der Waals surface area contributed by atoms with Gasteiger partial charge in [-0.25, -0.2) is 4.99 Å². The normalized spacial score (nSPS) is 15.1. The number of carbonyl (C=O) groups is 1. The van der Waals surface area contributed by atoms with Crippen LogP contribution >= 0.6 is 0 Å². The van der Waals surface area contributed by atoms with Crippen LogP contribution in [0.4, 0.5) is 24.5 Å². The first-order chi connectivity index (χ1) is 14.8. The van der Waals surface area contributed by atoms with Crippen LogP contribution < -0.4 is 4.90 Å². The van der Waals surface area contributed by atoms with Crippen LogP contribution in [0.1, 0.15) is 16.7 Å². The van der Waals surface area contributed by atoms with Gasteiger partial charge in [-0.15, -0.1) is 0 Å². The Morgan fingerprint density at radius 3 is 2.39 bits per heavy atom. The Morgan fingerprint density at radius 1 is 0.935 bits per heavy atom. The van der Waals surface area contributed by atoms with Gasteiger partial charge >= 0.3 is 6.18 Å². The summed E-state index contributed by atoms with van der Waals surface area (Å²) in [6.07, 6.45) is -4.47. The maximum absolute atomic E-state index is 13.2. The number of anilines is 1. The van der Waals surface area contributed by atoms with Crippen molar-refractivity contribution in [2.24, 2.45) is 4.99 Å². The second-order valence-electron chi connectivity index (χ2n) is 7.40. The van der Waals surface area contributed by atoms with Crippen LogP contribution in [0.25, 0.3) is 0 Å². The Bertz CT molecular complexity index is 1130. The zero-order valence-corrected chi connectivity index (χ0v) is 16.8. The number of hydrogen-bond acceptors (Lipinski definition) is 3. The molecule has 0 fully saturated rings. The van der Waals surface area contributed by atoms with Crippen LogP contribution in [0.2, 0.25) is 0 Å². The number of rotatable bonds is 5. The fraction of sp³-hybridized carbons (Fsp3) is 0.167. The highest BCUT2D eigenvalue weighted by molar-refractivity contribution is 6.54. The summed E-state index contributed by atoms with van der Waals surface area (Å²) in [5.41, 5.74) is 1.85. The molecule has 1 heterocycles. The molecule has 0 saturated carbocycles. The molecule has 0 saturated heterocycles. The topological polar surface area (TPSA) is 35.9 Å². The van der Waals surface area contributed by atoms with Crippen molar-refractivity contribution in [1.82, 2.24) is 4.90 Å². The van der Waals surface area contributed by atoms with Gasteiger partial charge in [-0.1, -0.05) is 54.6 Å². The third-order valence-corrected chi connectivity index (χ3v) is 4.99. The molecule has 3 aromatic rings. The summed E-state index contributed by atoms with van der Waals surface area (Å²) in [6, 6.07) is 21.8. The number of carbonyl (C=O) groups excluding carboxylic acids is 1. The summed E-state index contributed by atoms with van der Waals surface area (Å²) in [5, 5.41) is 0. The lowest BCUT2D eigenvalue weighted by Gasteiger charge is -2.24. The molecule has 4 rings (SSSR count). The molecule has 158 valence electrons. The number of nitrogens with zero attached hydrogens (tertiary/aromatic N) is 3. The lowest BCUT2D eigenvalue weighted by Crippen LogP contribution is -2.39. The molecule has 7 heteroatoms. The number of amides is 1. The van der Waals surface area contributed by atoms with E-state index in [0.29, 0.717) is 24.5 Å². The summed E-state index contributed by atoms with van der Waals surface area (Å²) in [7, 11) is 1.91. The Labute approximate surface area is 178 Å². The largest absolute Gasteiger partial charge is 0.416 e. The number of hydrogen-bond donors (Lipinski definition) is 0. The first kappa shape index (κ1) is 20.8. The summed E-state index contributed by atoms with van der Waals surface area (Å²) in [6.45, 7) is 0.971. The van der Waals surface area contributed by atoms with Crippen LogP contribution in [0.15, 0.2) is 83.9 Å². The smallest absolute Gasteiger partial charge is 0.293 e. The molecular weight excluding hydrogens is 403 g/mol. The van der Waals surface area contributed by atoms with Gasteiger partial charge in [0.2, 0.25) is 0 Å². The summed E-state index contributed by atoms with van der Waals surface area (Å²) in [4.78, 5) is 21.1. The molecular formula is C24H20F3N3O. The first-order valence-corrected chi connectivity index (χ1v) is 9.72. The molecule has 0 atom stereocenters. The van der Waals surface area contributed by atoms with Crippen molar-refractivity contribution in [3.05, 3.63) is 95.6 Å². The predicted octanol–water partition coefficient (Wildman–Crippen LogP) is 5.26. The SMILES string of the molecule is CN(Cc1ccccc1)CN1C(=O)C(=Nc2cccc(C(F)(F)F)c2)c2ccccc21. The molecule has 31 heavy (non-hydrogen) atoms. The van der Waals surface area contributed by atoms with E-state index in [9.17, 15) is 18.0 Å². The zero-order valence-electron chi connectivity index (χ0n) is 16.8. The average molecular weight is 423 g/mol. The second kappa shape index (κ2) is 8.35. The van der Waals surface area contributed by atoms with Gasteiger partial charge in [-0.2, -0.15) is 13.2 Å². The fourth-order valence-electron chi connectivity index (χ4n) is 3.58. The van der Waals surface area contributed by atoms with Crippen molar-refractivity contribution in [1.29, 1.82) is 0 Å². The minimum atomic E-state index is -4.47. The van der Waals surface area contributed by atoms with E-state index < -0.39 is 11.7 Å². The van der Waals surface area contributed by atoms with Gasteiger partial charge in [0.05, 0.1) is 23.6 Å². The van der Waals surface area contributed by atoms with E-state index >= 15 is 0 Å². The van der Waals surface area contributed by atoms with E-state index in [1.807, 2.05) is 54.4 Å². The van der Waals surface area contributed by atoms with Gasteiger partial charge in [-0.05, 0) is 36.9 Å². The monoisotopic (exact) mass is 423 g/mol. The summed E-state index contributed by atoms with van der Waals surface area (Å²) in [5.74, 6) is -0.335. The van der Waals surface area contributed by atoms with Gasteiger partial charge in [0, 0.05) is 12.1 Å². The number of halogens is 3. The lowest BCUT2D eigenvalue weighted by molar-refractivity contribution is -0.137. The van der Waals surface area contributed by atoms with Crippen LogP contribution in [-0.4, -0.2) is 30.2 Å². The molecule has 0 aromatic heterocycles. The van der Waals surface area contributed by atoms with E-state index in [2.05, 4.69) is 4.99 Å². The molecule has 0 spiro atoms. The molecule has 0 radical (unpaired) electrons.